The first-order valence-electron chi connectivity index (χ1n) is 14.0. The van der Waals surface area contributed by atoms with Gasteiger partial charge in [-0.15, -0.1) is 0 Å². The van der Waals surface area contributed by atoms with E-state index in [2.05, 4.69) is 55.6 Å². The van der Waals surface area contributed by atoms with E-state index in [1.54, 1.807) is 18.3 Å². The minimum Gasteiger partial charge on any atom is -0.384 e. The number of piperazine rings is 1. The van der Waals surface area contributed by atoms with Gasteiger partial charge in [0, 0.05) is 96.6 Å². The molecular weight excluding hydrogens is 502 g/mol. The summed E-state index contributed by atoms with van der Waals surface area (Å²) in [6.45, 7) is 15.4. The van der Waals surface area contributed by atoms with Crippen LogP contribution in [0, 0.1) is 20.8 Å². The number of aromatic amines is 1. The van der Waals surface area contributed by atoms with Crippen molar-refractivity contribution in [3.63, 3.8) is 0 Å². The topological polar surface area (TPSA) is 112 Å². The van der Waals surface area contributed by atoms with Gasteiger partial charge in [-0.05, 0) is 64.1 Å². The predicted octanol–water partition coefficient (Wildman–Crippen LogP) is 3.83. The Bertz CT molecular complexity index is 1590. The van der Waals surface area contributed by atoms with Crippen molar-refractivity contribution in [1.82, 2.24) is 29.5 Å². The SMILES string of the molecule is CCN1CCN(C(C)c2c(C)c(C(=O)NCc3c(C)[nH]c(C)cc3=O)cc3c(-c4ccc(N)nc4)ccn23)CC1. The molecule has 0 bridgehead atoms. The zero-order chi connectivity index (χ0) is 28.6. The lowest BCUT2D eigenvalue weighted by atomic mass is 9.99. The normalized spacial score (nSPS) is 15.4. The van der Waals surface area contributed by atoms with Crippen LogP contribution < -0.4 is 16.5 Å². The molecule has 5 rings (SSSR count). The molecule has 1 aliphatic heterocycles. The number of aryl methyl sites for hydroxylation is 2. The third-order valence-corrected chi connectivity index (χ3v) is 8.30. The van der Waals surface area contributed by atoms with Crippen molar-refractivity contribution in [3.05, 3.63) is 86.7 Å². The summed E-state index contributed by atoms with van der Waals surface area (Å²) >= 11 is 0. The number of nitrogen functional groups attached to an aromatic ring is 1. The lowest BCUT2D eigenvalue weighted by Gasteiger charge is -2.38. The standard InChI is InChI=1S/C31H39N7O2/c1-6-36-11-13-37(14-12-36)22(5)30-20(3)25(31(40)34-18-26-21(4)35-19(2)15-28(26)39)16-27-24(9-10-38(27)30)23-7-8-29(32)33-17-23/h7-10,15-17,22H,6,11-14,18H2,1-5H3,(H2,32,33)(H,34,40)(H,35,39). The summed E-state index contributed by atoms with van der Waals surface area (Å²) in [5.41, 5.74) is 13.4. The molecule has 4 N–H and O–H groups in total. The second-order valence-electron chi connectivity index (χ2n) is 10.8. The van der Waals surface area contributed by atoms with Crippen LogP contribution in [-0.2, 0) is 6.54 Å². The quantitative estimate of drug-likeness (QED) is 0.328. The van der Waals surface area contributed by atoms with Gasteiger partial charge in [-0.25, -0.2) is 4.98 Å². The number of H-pyrrole nitrogens is 1. The van der Waals surface area contributed by atoms with E-state index < -0.39 is 0 Å². The summed E-state index contributed by atoms with van der Waals surface area (Å²) < 4.78 is 2.21. The fourth-order valence-corrected chi connectivity index (χ4v) is 5.92. The van der Waals surface area contributed by atoms with Crippen LogP contribution in [0.2, 0.25) is 0 Å². The van der Waals surface area contributed by atoms with Crippen LogP contribution in [0.15, 0.2) is 47.5 Å². The van der Waals surface area contributed by atoms with Crippen LogP contribution in [0.1, 0.15) is 58.5 Å². The molecule has 1 aliphatic rings. The summed E-state index contributed by atoms with van der Waals surface area (Å²) in [6, 6.07) is 9.44. The summed E-state index contributed by atoms with van der Waals surface area (Å²) in [6.07, 6.45) is 3.85. The highest BCUT2D eigenvalue weighted by Crippen LogP contribution is 2.34. The average molecular weight is 542 g/mol. The first kappa shape index (κ1) is 27.6. The number of nitrogens with two attached hydrogens (primary N) is 1. The number of carbonyl (C=O) groups excluding carboxylic acids is 1. The largest absolute Gasteiger partial charge is 0.384 e. The van der Waals surface area contributed by atoms with Crippen LogP contribution in [0.3, 0.4) is 0 Å². The van der Waals surface area contributed by atoms with Gasteiger partial charge >= 0.3 is 0 Å². The minimum atomic E-state index is -0.203. The number of nitrogens with zero attached hydrogens (tertiary/aromatic N) is 4. The van der Waals surface area contributed by atoms with Crippen molar-refractivity contribution >= 4 is 17.2 Å². The van der Waals surface area contributed by atoms with Crippen LogP contribution >= 0.6 is 0 Å². The summed E-state index contributed by atoms with van der Waals surface area (Å²) in [7, 11) is 0. The number of likely N-dealkylation sites (N-methyl/N-ethyl adjacent to an activating group) is 1. The first-order valence-corrected chi connectivity index (χ1v) is 14.0. The number of hydrogen-bond acceptors (Lipinski definition) is 6. The van der Waals surface area contributed by atoms with E-state index in [9.17, 15) is 9.59 Å². The van der Waals surface area contributed by atoms with Crippen molar-refractivity contribution in [1.29, 1.82) is 0 Å². The number of fused-ring (bicyclic) bond motifs is 1. The number of hydrogen-bond donors (Lipinski definition) is 3. The lowest BCUT2D eigenvalue weighted by molar-refractivity contribution is 0.0947. The molecule has 0 saturated carbocycles. The van der Waals surface area contributed by atoms with Gasteiger partial charge in [-0.1, -0.05) is 6.92 Å². The smallest absolute Gasteiger partial charge is 0.251 e. The van der Waals surface area contributed by atoms with Crippen LogP contribution in [-0.4, -0.2) is 62.8 Å². The molecule has 210 valence electrons. The summed E-state index contributed by atoms with van der Waals surface area (Å²) in [4.78, 5) is 38.8. The fourth-order valence-electron chi connectivity index (χ4n) is 5.92. The molecular formula is C31H39N7O2. The van der Waals surface area contributed by atoms with Crippen molar-refractivity contribution in [3.8, 4) is 11.1 Å². The number of aromatic nitrogens is 3. The van der Waals surface area contributed by atoms with Gasteiger partial charge in [-0.2, -0.15) is 0 Å². The van der Waals surface area contributed by atoms with Gasteiger partial charge in [-0.3, -0.25) is 14.5 Å². The van der Waals surface area contributed by atoms with E-state index in [0.717, 1.165) is 72.0 Å². The van der Waals surface area contributed by atoms with Crippen LogP contribution in [0.25, 0.3) is 16.6 Å². The van der Waals surface area contributed by atoms with Crippen molar-refractivity contribution in [2.45, 2.75) is 47.2 Å². The molecule has 1 unspecified atom stereocenters. The van der Waals surface area contributed by atoms with Crippen molar-refractivity contribution in [2.24, 2.45) is 0 Å². The monoisotopic (exact) mass is 541 g/mol. The maximum atomic E-state index is 13.7. The summed E-state index contributed by atoms with van der Waals surface area (Å²) in [5.74, 6) is 0.260. The highest BCUT2D eigenvalue weighted by atomic mass is 16.1. The molecule has 0 radical (unpaired) electrons. The molecule has 9 nitrogen and oxygen atoms in total. The van der Waals surface area contributed by atoms with Crippen molar-refractivity contribution in [2.75, 3.05) is 38.5 Å². The Kier molecular flexibility index (Phi) is 7.78. The Balaban J connectivity index is 1.56. The molecule has 4 aromatic rings. The molecule has 1 saturated heterocycles. The Morgan fingerprint density at radius 2 is 1.88 bits per heavy atom. The van der Waals surface area contributed by atoms with Gasteiger partial charge in [0.1, 0.15) is 5.82 Å². The molecule has 40 heavy (non-hydrogen) atoms. The Morgan fingerprint density at radius 1 is 1.12 bits per heavy atom. The Morgan fingerprint density at radius 3 is 2.52 bits per heavy atom. The second kappa shape index (κ2) is 11.3. The molecule has 1 atom stereocenters. The van der Waals surface area contributed by atoms with Crippen molar-refractivity contribution < 1.29 is 4.79 Å². The third-order valence-electron chi connectivity index (χ3n) is 8.30. The third kappa shape index (κ3) is 5.26. The van der Waals surface area contributed by atoms with E-state index in [4.69, 9.17) is 5.73 Å². The molecule has 1 fully saturated rings. The van der Waals surface area contributed by atoms with E-state index in [0.29, 0.717) is 16.9 Å². The lowest BCUT2D eigenvalue weighted by Crippen LogP contribution is -2.47. The highest BCUT2D eigenvalue weighted by molar-refractivity contribution is 5.98. The number of anilines is 1. The zero-order valence-electron chi connectivity index (χ0n) is 24.0. The minimum absolute atomic E-state index is 0.0773. The Labute approximate surface area is 235 Å². The Hall–Kier alpha value is -3.95. The van der Waals surface area contributed by atoms with Gasteiger partial charge < -0.3 is 25.3 Å². The average Bonchev–Trinajstić information content (AvgIpc) is 3.35. The highest BCUT2D eigenvalue weighted by Gasteiger charge is 2.27. The van der Waals surface area contributed by atoms with Gasteiger partial charge in [0.25, 0.3) is 5.91 Å². The van der Waals surface area contributed by atoms with E-state index in [1.165, 1.54) is 0 Å². The number of amides is 1. The molecule has 0 aliphatic carbocycles. The van der Waals surface area contributed by atoms with E-state index >= 15 is 0 Å². The first-order chi connectivity index (χ1) is 19.2. The number of carbonyl (C=O) groups is 1. The molecule has 0 spiro atoms. The number of pyridine rings is 3. The van der Waals surface area contributed by atoms with Gasteiger partial charge in [0.05, 0.1) is 5.52 Å². The molecule has 9 heteroatoms. The van der Waals surface area contributed by atoms with Gasteiger partial charge in [0.15, 0.2) is 5.43 Å². The molecule has 1 amide bonds. The zero-order valence-corrected chi connectivity index (χ0v) is 24.0. The van der Waals surface area contributed by atoms with E-state index in [-0.39, 0.29) is 23.9 Å². The molecule has 5 heterocycles. The molecule has 0 aromatic carbocycles. The summed E-state index contributed by atoms with van der Waals surface area (Å²) in [5, 5.41) is 3.02. The predicted molar refractivity (Wildman–Crippen MR) is 160 cm³/mol. The molecule has 4 aromatic heterocycles. The second-order valence-corrected chi connectivity index (χ2v) is 10.8. The maximum absolute atomic E-state index is 13.7. The maximum Gasteiger partial charge on any atom is 0.251 e. The van der Waals surface area contributed by atoms with Crippen LogP contribution in [0.5, 0.6) is 0 Å². The van der Waals surface area contributed by atoms with E-state index in [1.807, 2.05) is 32.9 Å². The number of rotatable bonds is 7. The number of nitrogens with one attached hydrogen (secondary N) is 2. The fraction of sp³-hybridized carbons (Fsp3) is 0.387. The van der Waals surface area contributed by atoms with Gasteiger partial charge in [0.2, 0.25) is 0 Å². The van der Waals surface area contributed by atoms with Crippen LogP contribution in [0.4, 0.5) is 5.82 Å².